The average Bonchev–Trinajstić information content (AvgIpc) is 3.10. The number of carbonyl (C=O) groups is 1. The molecule has 178 valence electrons. The van der Waals surface area contributed by atoms with E-state index in [-0.39, 0.29) is 42.1 Å². The van der Waals surface area contributed by atoms with Gasteiger partial charge in [-0.1, -0.05) is 24.3 Å². The molecule has 0 saturated heterocycles. The molecule has 3 rings (SSSR count). The summed E-state index contributed by atoms with van der Waals surface area (Å²) >= 11 is 0. The highest BCUT2D eigenvalue weighted by Crippen LogP contribution is 2.15. The second-order valence-electron chi connectivity index (χ2n) is 7.49. The minimum atomic E-state index is -0.304. The summed E-state index contributed by atoms with van der Waals surface area (Å²) < 4.78 is 15.2. The summed E-state index contributed by atoms with van der Waals surface area (Å²) in [5.74, 6) is 1.34. The molecule has 1 amide bonds. The van der Waals surface area contributed by atoms with E-state index in [1.807, 2.05) is 32.0 Å². The normalized spacial score (nSPS) is 11.2. The topological polar surface area (TPSA) is 83.3 Å². The molecule has 0 aliphatic heterocycles. The number of imidazole rings is 1. The minimum absolute atomic E-state index is 0. The molecule has 0 radical (unpaired) electrons. The number of nitrogens with zero attached hydrogens (tertiary/aromatic N) is 3. The number of halogens is 2. The van der Waals surface area contributed by atoms with Crippen molar-refractivity contribution >= 4 is 46.9 Å². The van der Waals surface area contributed by atoms with Crippen molar-refractivity contribution in [2.45, 2.75) is 33.2 Å². The fourth-order valence-electron chi connectivity index (χ4n) is 3.47. The lowest BCUT2D eigenvalue weighted by Gasteiger charge is -2.12. The molecule has 0 atom stereocenters. The molecule has 9 heteroatoms. The Hall–Kier alpha value is -2.69. The standard InChI is InChI=1S/C24H31FN6O.HI/c1-3-26-24(29-15-14-27-23(32)17-19-9-11-20(25)12-10-19)28-13-6-16-31-18(2)30-21-7-4-5-8-22(21)31;/h4-5,7-12H,3,6,13-17H2,1-2H3,(H,27,32)(H2,26,28,29);1H. The maximum atomic E-state index is 12.9. The van der Waals surface area contributed by atoms with Crippen LogP contribution in [0.4, 0.5) is 4.39 Å². The largest absolute Gasteiger partial charge is 0.357 e. The highest BCUT2D eigenvalue weighted by molar-refractivity contribution is 14.0. The quantitative estimate of drug-likeness (QED) is 0.152. The zero-order valence-electron chi connectivity index (χ0n) is 19.1. The van der Waals surface area contributed by atoms with Gasteiger partial charge < -0.3 is 20.5 Å². The second kappa shape index (κ2) is 13.8. The van der Waals surface area contributed by atoms with E-state index in [0.29, 0.717) is 19.6 Å². The third kappa shape index (κ3) is 8.30. The van der Waals surface area contributed by atoms with Crippen LogP contribution in [-0.2, 0) is 17.8 Å². The lowest BCUT2D eigenvalue weighted by Crippen LogP contribution is -2.41. The fourth-order valence-corrected chi connectivity index (χ4v) is 3.47. The summed E-state index contributed by atoms with van der Waals surface area (Å²) in [5, 5.41) is 9.32. The highest BCUT2D eigenvalue weighted by Gasteiger charge is 2.06. The summed E-state index contributed by atoms with van der Waals surface area (Å²) in [7, 11) is 0. The molecule has 0 aliphatic carbocycles. The van der Waals surface area contributed by atoms with E-state index in [1.54, 1.807) is 12.1 Å². The number of guanidine groups is 1. The number of nitrogens with one attached hydrogen (secondary N) is 3. The van der Waals surface area contributed by atoms with Gasteiger partial charge >= 0.3 is 0 Å². The molecule has 2 aromatic carbocycles. The minimum Gasteiger partial charge on any atom is -0.357 e. The number of hydrogen-bond donors (Lipinski definition) is 3. The van der Waals surface area contributed by atoms with Crippen LogP contribution >= 0.6 is 24.0 Å². The molecule has 1 heterocycles. The van der Waals surface area contributed by atoms with Gasteiger partial charge in [0.2, 0.25) is 5.91 Å². The summed E-state index contributed by atoms with van der Waals surface area (Å²) in [6.07, 6.45) is 1.13. The lowest BCUT2D eigenvalue weighted by atomic mass is 10.1. The van der Waals surface area contributed by atoms with E-state index >= 15 is 0 Å². The van der Waals surface area contributed by atoms with Crippen LogP contribution < -0.4 is 16.0 Å². The number of aryl methyl sites for hydroxylation is 2. The molecular formula is C24H32FIN6O. The van der Waals surface area contributed by atoms with Gasteiger partial charge in [0, 0.05) is 32.7 Å². The van der Waals surface area contributed by atoms with Crippen molar-refractivity contribution in [1.29, 1.82) is 0 Å². The van der Waals surface area contributed by atoms with Crippen molar-refractivity contribution in [2.75, 3.05) is 26.2 Å². The maximum absolute atomic E-state index is 12.9. The average molecular weight is 566 g/mol. The van der Waals surface area contributed by atoms with Crippen molar-refractivity contribution < 1.29 is 9.18 Å². The first-order valence-electron chi connectivity index (χ1n) is 11.0. The molecule has 0 unspecified atom stereocenters. The Balaban J connectivity index is 0.00000385. The third-order valence-electron chi connectivity index (χ3n) is 5.02. The second-order valence-corrected chi connectivity index (χ2v) is 7.49. The first-order valence-corrected chi connectivity index (χ1v) is 11.0. The smallest absolute Gasteiger partial charge is 0.224 e. The van der Waals surface area contributed by atoms with Gasteiger partial charge in [0.15, 0.2) is 5.96 Å². The molecule has 3 N–H and O–H groups in total. The SMILES string of the molecule is CCNC(=NCCCn1c(C)nc2ccccc21)NCCNC(=O)Cc1ccc(F)cc1.I. The van der Waals surface area contributed by atoms with Crippen LogP contribution in [0.25, 0.3) is 11.0 Å². The number of benzene rings is 2. The van der Waals surface area contributed by atoms with E-state index in [9.17, 15) is 9.18 Å². The predicted molar refractivity (Wildman–Crippen MR) is 142 cm³/mol. The Kier molecular flexibility index (Phi) is 11.1. The molecule has 0 fully saturated rings. The Morgan fingerprint density at radius 1 is 1.06 bits per heavy atom. The molecule has 0 saturated carbocycles. The number of aromatic nitrogens is 2. The van der Waals surface area contributed by atoms with Crippen LogP contribution in [0.15, 0.2) is 53.5 Å². The van der Waals surface area contributed by atoms with Crippen LogP contribution in [0.5, 0.6) is 0 Å². The van der Waals surface area contributed by atoms with Crippen LogP contribution in [-0.4, -0.2) is 47.6 Å². The number of aliphatic imine (C=N–C) groups is 1. The van der Waals surface area contributed by atoms with Crippen molar-refractivity contribution in [3.63, 3.8) is 0 Å². The lowest BCUT2D eigenvalue weighted by molar-refractivity contribution is -0.120. The van der Waals surface area contributed by atoms with Crippen LogP contribution in [0, 0.1) is 12.7 Å². The number of amides is 1. The number of hydrogen-bond acceptors (Lipinski definition) is 3. The Morgan fingerprint density at radius 2 is 1.79 bits per heavy atom. The molecule has 7 nitrogen and oxygen atoms in total. The molecule has 1 aromatic heterocycles. The van der Waals surface area contributed by atoms with Gasteiger partial charge in [0.1, 0.15) is 11.6 Å². The molecule has 33 heavy (non-hydrogen) atoms. The Bertz CT molecular complexity index is 1050. The van der Waals surface area contributed by atoms with Gasteiger partial charge in [0.25, 0.3) is 0 Å². The zero-order valence-corrected chi connectivity index (χ0v) is 21.4. The third-order valence-corrected chi connectivity index (χ3v) is 5.02. The van der Waals surface area contributed by atoms with Gasteiger partial charge in [-0.2, -0.15) is 0 Å². The van der Waals surface area contributed by atoms with E-state index in [0.717, 1.165) is 47.9 Å². The van der Waals surface area contributed by atoms with Gasteiger partial charge in [-0.3, -0.25) is 9.79 Å². The number of carbonyl (C=O) groups excluding carboxylic acids is 1. The number of para-hydroxylation sites is 2. The van der Waals surface area contributed by atoms with Gasteiger partial charge in [-0.25, -0.2) is 9.37 Å². The summed E-state index contributed by atoms with van der Waals surface area (Å²) in [6.45, 7) is 7.37. The van der Waals surface area contributed by atoms with Crippen LogP contribution in [0.2, 0.25) is 0 Å². The van der Waals surface area contributed by atoms with E-state index < -0.39 is 0 Å². The molecular weight excluding hydrogens is 534 g/mol. The van der Waals surface area contributed by atoms with Gasteiger partial charge in [-0.15, -0.1) is 24.0 Å². The monoisotopic (exact) mass is 566 g/mol. The molecule has 0 bridgehead atoms. The van der Waals surface area contributed by atoms with Gasteiger partial charge in [0.05, 0.1) is 17.5 Å². The number of rotatable bonds is 10. The van der Waals surface area contributed by atoms with Crippen LogP contribution in [0.3, 0.4) is 0 Å². The molecule has 0 spiro atoms. The van der Waals surface area contributed by atoms with Crippen LogP contribution in [0.1, 0.15) is 24.7 Å². The fraction of sp³-hybridized carbons (Fsp3) is 0.375. The summed E-state index contributed by atoms with van der Waals surface area (Å²) in [6, 6.07) is 14.1. The zero-order chi connectivity index (χ0) is 22.8. The van der Waals surface area contributed by atoms with E-state index in [2.05, 4.69) is 36.6 Å². The summed E-state index contributed by atoms with van der Waals surface area (Å²) in [4.78, 5) is 21.3. The first kappa shape index (κ1) is 26.6. The van der Waals surface area contributed by atoms with Crippen molar-refractivity contribution in [3.05, 3.63) is 65.7 Å². The van der Waals surface area contributed by atoms with Crippen molar-refractivity contribution in [1.82, 2.24) is 25.5 Å². The maximum Gasteiger partial charge on any atom is 0.224 e. The number of fused-ring (bicyclic) bond motifs is 1. The summed E-state index contributed by atoms with van der Waals surface area (Å²) in [5.41, 5.74) is 2.95. The first-order chi connectivity index (χ1) is 15.6. The molecule has 0 aliphatic rings. The van der Waals surface area contributed by atoms with E-state index in [1.165, 1.54) is 12.1 Å². The molecule has 3 aromatic rings. The van der Waals surface area contributed by atoms with Gasteiger partial charge in [-0.05, 0) is 50.1 Å². The van der Waals surface area contributed by atoms with Crippen molar-refractivity contribution in [3.8, 4) is 0 Å². The Morgan fingerprint density at radius 3 is 2.55 bits per heavy atom. The van der Waals surface area contributed by atoms with Crippen molar-refractivity contribution in [2.24, 2.45) is 4.99 Å². The predicted octanol–water partition coefficient (Wildman–Crippen LogP) is 3.41. The highest BCUT2D eigenvalue weighted by atomic mass is 127. The Labute approximate surface area is 211 Å². The van der Waals surface area contributed by atoms with E-state index in [4.69, 9.17) is 0 Å².